The number of hydrogen-bond acceptors (Lipinski definition) is 3. The molecular weight excluding hydrogens is 325 g/mol. The van der Waals surface area contributed by atoms with E-state index >= 15 is 0 Å². The highest BCUT2D eigenvalue weighted by atomic mass is 32.2. The van der Waals surface area contributed by atoms with Crippen LogP contribution in [0.2, 0.25) is 0 Å². The first-order valence-corrected chi connectivity index (χ1v) is 8.26. The van der Waals surface area contributed by atoms with Crippen molar-refractivity contribution < 1.29 is 17.4 Å². The minimum atomic E-state index is -2.61. The Morgan fingerprint density at radius 1 is 1.13 bits per heavy atom. The van der Waals surface area contributed by atoms with Crippen molar-refractivity contribution in [3.05, 3.63) is 48.8 Å². The lowest BCUT2D eigenvalue weighted by Gasteiger charge is -2.18. The summed E-state index contributed by atoms with van der Waals surface area (Å²) in [5, 5.41) is -2.21. The fraction of sp³-hybridized carbons (Fsp3) is 0.250. The smallest absolute Gasteiger partial charge is 0.328 e. The molecular formula is C16H15F3N2OS. The van der Waals surface area contributed by atoms with Crippen molar-refractivity contribution in [1.82, 2.24) is 4.98 Å². The molecule has 1 aromatic heterocycles. The number of pyridine rings is 1. The first-order chi connectivity index (χ1) is 11.1. The minimum absolute atomic E-state index is 0.0158. The maximum atomic E-state index is 13.2. The summed E-state index contributed by atoms with van der Waals surface area (Å²) in [5.41, 5.74) is 1.09. The predicted molar refractivity (Wildman–Crippen MR) is 86.1 cm³/mol. The fourth-order valence-electron chi connectivity index (χ4n) is 2.53. The van der Waals surface area contributed by atoms with Crippen LogP contribution in [0.1, 0.15) is 6.42 Å². The molecule has 2 aromatic rings. The molecule has 3 nitrogen and oxygen atoms in total. The van der Waals surface area contributed by atoms with Crippen LogP contribution in [0.4, 0.5) is 18.4 Å². The van der Waals surface area contributed by atoms with Crippen molar-refractivity contribution in [3.63, 3.8) is 0 Å². The second-order valence-corrected chi connectivity index (χ2v) is 6.43. The molecule has 1 aromatic carbocycles. The van der Waals surface area contributed by atoms with Crippen LogP contribution in [0.5, 0.6) is 5.75 Å². The van der Waals surface area contributed by atoms with Gasteiger partial charge in [0.15, 0.2) is 0 Å². The summed E-state index contributed by atoms with van der Waals surface area (Å²) < 4.78 is 43.6. The molecule has 122 valence electrons. The standard InChI is InChI=1S/C16H15F3N2OS/c17-16(18)23(19)15-3-1-13(2-4-15)22-14-7-10-21(11-14)12-5-8-20-9-6-12/h1-6,8-9,14H,7,10-11H2. The number of hydrogen-bond donors (Lipinski definition) is 0. The molecule has 2 heterocycles. The summed E-state index contributed by atoms with van der Waals surface area (Å²) in [7, 11) is -2.61. The Morgan fingerprint density at radius 2 is 1.83 bits per heavy atom. The van der Waals surface area contributed by atoms with E-state index in [1.54, 1.807) is 12.4 Å². The van der Waals surface area contributed by atoms with Crippen LogP contribution in [0.15, 0.2) is 53.7 Å². The third-order valence-corrected chi connectivity index (χ3v) is 4.60. The molecule has 23 heavy (non-hydrogen) atoms. The highest BCUT2D eigenvalue weighted by molar-refractivity contribution is 8.11. The Bertz CT molecular complexity index is 690. The van der Waals surface area contributed by atoms with Crippen LogP contribution in [0.3, 0.4) is 0 Å². The van der Waals surface area contributed by atoms with E-state index in [9.17, 15) is 12.7 Å². The molecule has 1 aliphatic heterocycles. The summed E-state index contributed by atoms with van der Waals surface area (Å²) in [4.78, 5) is 6.16. The van der Waals surface area contributed by atoms with Gasteiger partial charge in [-0.1, -0.05) is 0 Å². The monoisotopic (exact) mass is 340 g/mol. The maximum absolute atomic E-state index is 13.2. The van der Waals surface area contributed by atoms with Crippen molar-refractivity contribution in [2.24, 2.45) is 0 Å². The topological polar surface area (TPSA) is 25.4 Å². The van der Waals surface area contributed by atoms with Crippen molar-refractivity contribution >= 4 is 21.9 Å². The van der Waals surface area contributed by atoms with Gasteiger partial charge in [-0.2, -0.15) is 12.7 Å². The molecule has 0 N–H and O–H groups in total. The van der Waals surface area contributed by atoms with Crippen LogP contribution in [0.25, 0.3) is 0 Å². The lowest BCUT2D eigenvalue weighted by Crippen LogP contribution is -2.24. The van der Waals surface area contributed by atoms with Gasteiger partial charge >= 0.3 is 5.37 Å². The average molecular weight is 340 g/mol. The molecule has 2 atom stereocenters. The molecule has 0 bridgehead atoms. The third kappa shape index (κ3) is 3.85. The second-order valence-electron chi connectivity index (χ2n) is 5.13. The van der Waals surface area contributed by atoms with Crippen LogP contribution in [-0.2, 0) is 0 Å². The zero-order chi connectivity index (χ0) is 16.2. The number of aromatic nitrogens is 1. The van der Waals surface area contributed by atoms with Crippen molar-refractivity contribution in [1.29, 1.82) is 0 Å². The van der Waals surface area contributed by atoms with E-state index < -0.39 is 16.2 Å². The Hall–Kier alpha value is -2.02. The number of rotatable bonds is 4. The van der Waals surface area contributed by atoms with Gasteiger partial charge in [0.2, 0.25) is 0 Å². The normalized spacial score (nSPS) is 18.7. The second kappa shape index (κ2) is 7.04. The van der Waals surface area contributed by atoms with Crippen molar-refractivity contribution in [3.8, 4) is 5.75 Å². The van der Waals surface area contributed by atoms with E-state index in [4.69, 9.17) is 4.74 Å². The summed E-state index contributed by atoms with van der Waals surface area (Å²) in [6.45, 7) is 1.62. The van der Waals surface area contributed by atoms with Gasteiger partial charge in [-0.3, -0.25) is 4.98 Å². The van der Waals surface area contributed by atoms with E-state index in [2.05, 4.69) is 9.88 Å². The van der Waals surface area contributed by atoms with Gasteiger partial charge in [-0.25, -0.2) is 0 Å². The highest BCUT2D eigenvalue weighted by Gasteiger charge is 2.24. The molecule has 1 aliphatic rings. The lowest BCUT2D eigenvalue weighted by molar-refractivity contribution is 0.225. The molecule has 0 radical (unpaired) electrons. The Kier molecular flexibility index (Phi) is 4.85. The predicted octanol–water partition coefficient (Wildman–Crippen LogP) is 4.28. The first-order valence-electron chi connectivity index (χ1n) is 7.13. The number of nitrogens with zero attached hydrogens (tertiary/aromatic N) is 2. The minimum Gasteiger partial charge on any atom is -0.489 e. The van der Waals surface area contributed by atoms with E-state index in [1.165, 1.54) is 24.3 Å². The van der Waals surface area contributed by atoms with E-state index in [1.807, 2.05) is 12.1 Å². The molecule has 0 spiro atoms. The van der Waals surface area contributed by atoms with E-state index in [0.29, 0.717) is 5.75 Å². The van der Waals surface area contributed by atoms with Gasteiger partial charge in [0.1, 0.15) is 11.9 Å². The van der Waals surface area contributed by atoms with Crippen LogP contribution < -0.4 is 9.64 Å². The van der Waals surface area contributed by atoms with Crippen LogP contribution in [0, 0.1) is 0 Å². The summed E-state index contributed by atoms with van der Waals surface area (Å²) in [5.74, 6) is 0.562. The number of halogens is 3. The average Bonchev–Trinajstić information content (AvgIpc) is 3.04. The van der Waals surface area contributed by atoms with Crippen LogP contribution in [-0.4, -0.2) is 29.5 Å². The molecule has 1 fully saturated rings. The van der Waals surface area contributed by atoms with Crippen molar-refractivity contribution in [2.45, 2.75) is 17.4 Å². The first kappa shape index (κ1) is 15.9. The largest absolute Gasteiger partial charge is 0.489 e. The maximum Gasteiger partial charge on any atom is 0.328 e. The van der Waals surface area contributed by atoms with Gasteiger partial charge in [0.25, 0.3) is 0 Å². The molecule has 2 unspecified atom stereocenters. The number of ether oxygens (including phenoxy) is 1. The van der Waals surface area contributed by atoms with Crippen molar-refractivity contribution in [2.75, 3.05) is 18.0 Å². The zero-order valence-electron chi connectivity index (χ0n) is 12.2. The number of benzene rings is 1. The van der Waals surface area contributed by atoms with Gasteiger partial charge in [0, 0.05) is 35.9 Å². The summed E-state index contributed by atoms with van der Waals surface area (Å²) in [6, 6.07) is 9.64. The number of anilines is 1. The highest BCUT2D eigenvalue weighted by Crippen LogP contribution is 2.32. The fourth-order valence-corrected chi connectivity index (χ4v) is 3.09. The third-order valence-electron chi connectivity index (χ3n) is 3.64. The lowest BCUT2D eigenvalue weighted by atomic mass is 10.3. The zero-order valence-corrected chi connectivity index (χ0v) is 13.0. The summed E-state index contributed by atoms with van der Waals surface area (Å²) in [6.07, 6.45) is 4.38. The SMILES string of the molecule is FC(F)=S(F)c1ccc(OC2CCN(c3ccncc3)C2)cc1. The van der Waals surface area contributed by atoms with E-state index in [-0.39, 0.29) is 11.0 Å². The molecule has 0 amide bonds. The molecule has 1 saturated heterocycles. The molecule has 0 aliphatic carbocycles. The Morgan fingerprint density at radius 3 is 2.48 bits per heavy atom. The van der Waals surface area contributed by atoms with Gasteiger partial charge < -0.3 is 9.64 Å². The van der Waals surface area contributed by atoms with Gasteiger partial charge in [-0.05, 0) is 36.4 Å². The summed E-state index contributed by atoms with van der Waals surface area (Å²) >= 11 is 0. The van der Waals surface area contributed by atoms with Gasteiger partial charge in [0.05, 0.1) is 17.4 Å². The Balaban J connectivity index is 1.62. The van der Waals surface area contributed by atoms with Crippen LogP contribution >= 0.6 is 10.9 Å². The Labute approximate surface area is 134 Å². The molecule has 7 heteroatoms. The molecule has 0 saturated carbocycles. The molecule has 3 rings (SSSR count). The van der Waals surface area contributed by atoms with E-state index in [0.717, 1.165) is 25.2 Å². The quantitative estimate of drug-likeness (QED) is 0.614. The van der Waals surface area contributed by atoms with Gasteiger partial charge in [-0.15, -0.1) is 0 Å².